The van der Waals surface area contributed by atoms with E-state index in [0.717, 1.165) is 0 Å². The van der Waals surface area contributed by atoms with E-state index in [1.165, 1.54) is 5.32 Å². The predicted octanol–water partition coefficient (Wildman–Crippen LogP) is 1.22. The molecule has 1 rings (SSSR count). The van der Waals surface area contributed by atoms with E-state index in [2.05, 4.69) is 0 Å². The molecule has 6 heteroatoms. The van der Waals surface area contributed by atoms with E-state index in [-0.39, 0.29) is 12.8 Å². The molecule has 1 amide bonds. The van der Waals surface area contributed by atoms with Crippen molar-refractivity contribution in [3.05, 3.63) is 0 Å². The van der Waals surface area contributed by atoms with E-state index >= 15 is 0 Å². The Morgan fingerprint density at radius 3 is 1.91 bits per heavy atom. The van der Waals surface area contributed by atoms with Crippen molar-refractivity contribution in [2.24, 2.45) is 0 Å². The first-order valence-electron chi connectivity index (χ1n) is 2.93. The second-order valence-corrected chi connectivity index (χ2v) is 2.49. The molecule has 1 N–H and O–H groups in total. The van der Waals surface area contributed by atoms with Crippen LogP contribution in [-0.2, 0) is 5.11 Å². The highest BCUT2D eigenvalue weighted by Crippen LogP contribution is 2.48. The molecule has 0 aliphatic heterocycles. The summed E-state index contributed by atoms with van der Waals surface area (Å²) in [5.41, 5.74) is -2.20. The average molecular weight is 168 g/mol. The fourth-order valence-corrected chi connectivity index (χ4v) is 0.800. The molecular weight excluding hydrogens is 163 g/mol. The van der Waals surface area contributed by atoms with Crippen molar-refractivity contribution in [2.45, 2.75) is 24.6 Å². The lowest BCUT2D eigenvalue weighted by Gasteiger charge is -2.17. The second-order valence-electron chi connectivity index (χ2n) is 2.49. The summed E-state index contributed by atoms with van der Waals surface area (Å²) in [6.45, 7) is 0. The summed E-state index contributed by atoms with van der Waals surface area (Å²) in [6.07, 6.45) is -6.75. The summed E-state index contributed by atoms with van der Waals surface area (Å²) < 4.78 is 35.7. The summed E-state index contributed by atoms with van der Waals surface area (Å²) in [5.74, 6) is 0. The lowest BCUT2D eigenvalue weighted by molar-refractivity contribution is -0.164. The minimum Gasteiger partial charge on any atom is -0.304 e. The quantitative estimate of drug-likeness (QED) is 0.628. The molecule has 1 aliphatic rings. The number of carbonyl (C=O) groups is 1. The molecule has 0 aromatic heterocycles. The Hall–Kier alpha value is -0.940. The molecular formula is C5H5F3NO2. The van der Waals surface area contributed by atoms with E-state index in [0.29, 0.717) is 0 Å². The average Bonchev–Trinajstić information content (AvgIpc) is 2.42. The molecule has 1 radical (unpaired) electrons. The van der Waals surface area contributed by atoms with Gasteiger partial charge in [0.1, 0.15) is 5.54 Å². The van der Waals surface area contributed by atoms with Gasteiger partial charge in [0.25, 0.3) is 0 Å². The Bertz CT molecular complexity index is 185. The highest BCUT2D eigenvalue weighted by atomic mass is 19.4. The molecule has 0 unspecified atom stereocenters. The third-order valence-electron chi connectivity index (χ3n) is 1.63. The van der Waals surface area contributed by atoms with Gasteiger partial charge in [0.05, 0.1) is 0 Å². The lowest BCUT2D eigenvalue weighted by Crippen LogP contribution is -2.46. The van der Waals surface area contributed by atoms with Crippen LogP contribution in [0.15, 0.2) is 0 Å². The monoisotopic (exact) mass is 168 g/mol. The van der Waals surface area contributed by atoms with Crippen LogP contribution in [0.3, 0.4) is 0 Å². The predicted molar refractivity (Wildman–Crippen MR) is 27.2 cm³/mol. The highest BCUT2D eigenvalue weighted by Gasteiger charge is 2.64. The fourth-order valence-electron chi connectivity index (χ4n) is 0.800. The number of rotatable bonds is 1. The van der Waals surface area contributed by atoms with Crippen LogP contribution in [0.25, 0.3) is 0 Å². The number of halogens is 3. The fraction of sp³-hybridized carbons (Fsp3) is 0.800. The molecule has 0 bridgehead atoms. The molecule has 3 nitrogen and oxygen atoms in total. The van der Waals surface area contributed by atoms with Crippen LogP contribution in [0, 0.1) is 0 Å². The van der Waals surface area contributed by atoms with Gasteiger partial charge in [-0.3, -0.25) is 0 Å². The minimum absolute atomic E-state index is 0.190. The van der Waals surface area contributed by atoms with Gasteiger partial charge in [0.2, 0.25) is 0 Å². The Balaban J connectivity index is 2.61. The number of hydrogen-bond donors (Lipinski definition) is 1. The molecule has 1 saturated carbocycles. The SMILES string of the molecule is [O]C(=O)NC1(C(F)(F)F)CC1. The van der Waals surface area contributed by atoms with E-state index in [4.69, 9.17) is 0 Å². The Kier molecular flexibility index (Phi) is 1.50. The van der Waals surface area contributed by atoms with Crippen LogP contribution in [0.4, 0.5) is 18.0 Å². The first-order valence-corrected chi connectivity index (χ1v) is 2.93. The van der Waals surface area contributed by atoms with Crippen LogP contribution in [-0.4, -0.2) is 17.8 Å². The molecule has 0 aromatic rings. The van der Waals surface area contributed by atoms with Gasteiger partial charge >= 0.3 is 12.3 Å². The zero-order valence-electron chi connectivity index (χ0n) is 5.36. The number of amides is 1. The molecule has 0 aromatic carbocycles. The Morgan fingerprint density at radius 2 is 1.82 bits per heavy atom. The van der Waals surface area contributed by atoms with Gasteiger partial charge in [0, 0.05) is 0 Å². The third kappa shape index (κ3) is 1.38. The molecule has 63 valence electrons. The molecule has 0 heterocycles. The van der Waals surface area contributed by atoms with Crippen LogP contribution in [0.5, 0.6) is 0 Å². The van der Waals surface area contributed by atoms with E-state index < -0.39 is 17.8 Å². The van der Waals surface area contributed by atoms with Crippen molar-refractivity contribution >= 4 is 6.09 Å². The van der Waals surface area contributed by atoms with Crippen molar-refractivity contribution in [3.8, 4) is 0 Å². The van der Waals surface area contributed by atoms with Crippen molar-refractivity contribution in [2.75, 3.05) is 0 Å². The summed E-state index contributed by atoms with van der Waals surface area (Å²) in [7, 11) is 0. The number of hydrogen-bond acceptors (Lipinski definition) is 1. The summed E-state index contributed by atoms with van der Waals surface area (Å²) in [5, 5.41) is 11.1. The van der Waals surface area contributed by atoms with Gasteiger partial charge in [-0.2, -0.15) is 13.2 Å². The molecule has 0 saturated heterocycles. The van der Waals surface area contributed by atoms with Gasteiger partial charge in [-0.25, -0.2) is 9.90 Å². The van der Waals surface area contributed by atoms with Gasteiger partial charge in [-0.1, -0.05) is 0 Å². The Morgan fingerprint density at radius 1 is 1.36 bits per heavy atom. The molecule has 1 fully saturated rings. The van der Waals surface area contributed by atoms with Gasteiger partial charge in [-0.15, -0.1) is 0 Å². The Labute approximate surface area is 60.2 Å². The summed E-state index contributed by atoms with van der Waals surface area (Å²) in [4.78, 5) is 9.78. The maximum Gasteiger partial charge on any atom is 0.451 e. The first-order chi connectivity index (χ1) is 4.87. The zero-order valence-corrected chi connectivity index (χ0v) is 5.36. The second kappa shape index (κ2) is 2.02. The maximum absolute atomic E-state index is 11.9. The van der Waals surface area contributed by atoms with E-state index in [1.54, 1.807) is 0 Å². The first kappa shape index (κ1) is 8.16. The van der Waals surface area contributed by atoms with Crippen molar-refractivity contribution in [1.82, 2.24) is 5.32 Å². The standard InChI is InChI=1S/C5H5F3NO2/c6-5(7,8)4(1-2-4)9-3(10)11/h9H,1-2H2. The van der Waals surface area contributed by atoms with Crippen molar-refractivity contribution in [3.63, 3.8) is 0 Å². The van der Waals surface area contributed by atoms with E-state index in [1.807, 2.05) is 0 Å². The molecule has 0 atom stereocenters. The number of nitrogens with one attached hydrogen (secondary N) is 1. The topological polar surface area (TPSA) is 49.0 Å². The maximum atomic E-state index is 11.9. The highest BCUT2D eigenvalue weighted by molar-refractivity contribution is 5.66. The van der Waals surface area contributed by atoms with Crippen LogP contribution in [0.1, 0.15) is 12.8 Å². The molecule has 1 aliphatic carbocycles. The van der Waals surface area contributed by atoms with Gasteiger partial charge < -0.3 is 5.32 Å². The number of alkyl halides is 3. The molecule has 0 spiro atoms. The molecule has 11 heavy (non-hydrogen) atoms. The lowest BCUT2D eigenvalue weighted by atomic mass is 10.3. The number of carbonyl (C=O) groups excluding carboxylic acids is 1. The largest absolute Gasteiger partial charge is 0.451 e. The minimum atomic E-state index is -4.49. The van der Waals surface area contributed by atoms with Gasteiger partial charge in [-0.05, 0) is 12.8 Å². The van der Waals surface area contributed by atoms with E-state index in [9.17, 15) is 23.1 Å². The van der Waals surface area contributed by atoms with Gasteiger partial charge in [0.15, 0.2) is 0 Å². The third-order valence-corrected chi connectivity index (χ3v) is 1.63. The smallest absolute Gasteiger partial charge is 0.304 e. The van der Waals surface area contributed by atoms with Crippen LogP contribution in [0.2, 0.25) is 0 Å². The zero-order chi connectivity index (χ0) is 8.70. The van der Waals surface area contributed by atoms with Crippen LogP contribution >= 0.6 is 0 Å². The normalized spacial score (nSPS) is 21.0. The van der Waals surface area contributed by atoms with Crippen molar-refractivity contribution < 1.29 is 23.1 Å². The van der Waals surface area contributed by atoms with Crippen molar-refractivity contribution in [1.29, 1.82) is 0 Å². The summed E-state index contributed by atoms with van der Waals surface area (Å²) >= 11 is 0. The van der Waals surface area contributed by atoms with Crippen LogP contribution < -0.4 is 5.32 Å². The summed E-state index contributed by atoms with van der Waals surface area (Å²) in [6, 6.07) is 0.